The van der Waals surface area contributed by atoms with E-state index in [2.05, 4.69) is 90.4 Å². The predicted octanol–water partition coefficient (Wildman–Crippen LogP) is 6.31. The van der Waals surface area contributed by atoms with Crippen molar-refractivity contribution in [1.29, 1.82) is 0 Å². The average molecular weight is 442 g/mol. The van der Waals surface area contributed by atoms with Gasteiger partial charge in [0.2, 0.25) is 0 Å². The summed E-state index contributed by atoms with van der Waals surface area (Å²) in [6.45, 7) is 3.88. The van der Waals surface area contributed by atoms with Gasteiger partial charge in [0, 0.05) is 0 Å². The Labute approximate surface area is 178 Å². The van der Waals surface area contributed by atoms with Gasteiger partial charge in [0.25, 0.3) is 0 Å². The monoisotopic (exact) mass is 443 g/mol. The molecule has 0 aliphatic heterocycles. The number of benzene rings is 3. The van der Waals surface area contributed by atoms with Gasteiger partial charge in [-0.05, 0) is 0 Å². The quantitative estimate of drug-likeness (QED) is 0.247. The zero-order valence-corrected chi connectivity index (χ0v) is 17.7. The molecule has 0 aliphatic carbocycles. The minimum atomic E-state index is 0.0950. The van der Waals surface area contributed by atoms with Gasteiger partial charge in [-0.3, -0.25) is 0 Å². The first-order chi connectivity index (χ1) is 14.3. The van der Waals surface area contributed by atoms with E-state index in [1.165, 1.54) is 10.0 Å². The second kappa shape index (κ2) is 9.29. The number of furan rings is 1. The first-order valence-corrected chi connectivity index (χ1v) is 11.1. The van der Waals surface area contributed by atoms with Gasteiger partial charge in [0.15, 0.2) is 0 Å². The summed E-state index contributed by atoms with van der Waals surface area (Å²) in [5.74, 6) is 0. The minimum absolute atomic E-state index is 0.0950. The molecule has 0 fully saturated rings. The summed E-state index contributed by atoms with van der Waals surface area (Å²) in [4.78, 5) is 2.26. The molecule has 0 saturated heterocycles. The van der Waals surface area contributed by atoms with Crippen LogP contribution in [0, 0.1) is 0 Å². The first-order valence-electron chi connectivity index (χ1n) is 9.40. The van der Waals surface area contributed by atoms with Crippen molar-refractivity contribution in [2.24, 2.45) is 0 Å². The molecule has 4 rings (SSSR count). The molecule has 29 heavy (non-hydrogen) atoms. The molecule has 0 saturated carbocycles. The summed E-state index contributed by atoms with van der Waals surface area (Å²) in [6.07, 6.45) is 5.64. The Kier molecular flexibility index (Phi) is 6.11. The Balaban J connectivity index is 1.68. The van der Waals surface area contributed by atoms with Crippen molar-refractivity contribution in [3.8, 4) is 0 Å². The second-order valence-corrected chi connectivity index (χ2v) is 8.55. The van der Waals surface area contributed by atoms with Crippen LogP contribution in [0.3, 0.4) is 0 Å². The molecule has 0 aliphatic rings. The van der Waals surface area contributed by atoms with E-state index in [1.54, 1.807) is 6.26 Å². The third-order valence-electron chi connectivity index (χ3n) is 4.41. The summed E-state index contributed by atoms with van der Waals surface area (Å²) in [7, 11) is 0. The number of allylic oxidation sites excluding steroid dienone is 2. The van der Waals surface area contributed by atoms with Crippen LogP contribution in [0.4, 0.5) is 17.1 Å². The number of nitrogens with zero attached hydrogens (tertiary/aromatic N) is 1. The van der Waals surface area contributed by atoms with Gasteiger partial charge < -0.3 is 0 Å². The number of hydrogen-bond acceptors (Lipinski definition) is 2. The molecule has 1 heterocycles. The van der Waals surface area contributed by atoms with Crippen molar-refractivity contribution in [1.82, 2.24) is 0 Å². The van der Waals surface area contributed by atoms with Crippen molar-refractivity contribution in [3.63, 3.8) is 0 Å². The fraction of sp³-hybridized carbons (Fsp3) is 0. The summed E-state index contributed by atoms with van der Waals surface area (Å²) in [5.41, 5.74) is 4.57. The van der Waals surface area contributed by atoms with Crippen molar-refractivity contribution >= 4 is 41.1 Å². The third-order valence-corrected chi connectivity index (χ3v) is 6.56. The van der Waals surface area contributed by atoms with Crippen LogP contribution >= 0.6 is 0 Å². The summed E-state index contributed by atoms with van der Waals surface area (Å²) in [5, 5.41) is 0. The average Bonchev–Trinajstić information content (AvgIpc) is 3.29. The maximum atomic E-state index is 5.55. The van der Waals surface area contributed by atoms with Crippen LogP contribution in [0.25, 0.3) is 4.47 Å². The van der Waals surface area contributed by atoms with Crippen molar-refractivity contribution in [2.75, 3.05) is 4.90 Å². The van der Waals surface area contributed by atoms with Gasteiger partial charge in [0.1, 0.15) is 0 Å². The Bertz CT molecular complexity index is 1030. The van der Waals surface area contributed by atoms with Gasteiger partial charge in [0.05, 0.1) is 0 Å². The van der Waals surface area contributed by atoms with Gasteiger partial charge in [-0.2, -0.15) is 0 Å². The SMILES string of the molecule is C=C/C=C(\[Se]c1ccco1)c1ccc(N(c2ccccc2)c2ccccc2)cc1. The Morgan fingerprint density at radius 3 is 1.83 bits per heavy atom. The zero-order valence-electron chi connectivity index (χ0n) is 15.9. The third kappa shape index (κ3) is 4.60. The molecule has 4 aromatic rings. The molecule has 3 heteroatoms. The van der Waals surface area contributed by atoms with E-state index < -0.39 is 0 Å². The van der Waals surface area contributed by atoms with Crippen molar-refractivity contribution < 1.29 is 4.42 Å². The molecule has 0 bridgehead atoms. The zero-order chi connectivity index (χ0) is 19.9. The van der Waals surface area contributed by atoms with Gasteiger partial charge >= 0.3 is 178 Å². The Hall–Kier alpha value is -3.26. The van der Waals surface area contributed by atoms with Crippen LogP contribution in [0.15, 0.2) is 126 Å². The van der Waals surface area contributed by atoms with E-state index in [-0.39, 0.29) is 15.0 Å². The normalized spacial score (nSPS) is 11.2. The topological polar surface area (TPSA) is 16.4 Å². The van der Waals surface area contributed by atoms with E-state index >= 15 is 0 Å². The molecule has 0 spiro atoms. The summed E-state index contributed by atoms with van der Waals surface area (Å²) >= 11 is 0.0950. The number of rotatable bonds is 7. The van der Waals surface area contributed by atoms with Crippen LogP contribution in [0.2, 0.25) is 0 Å². The van der Waals surface area contributed by atoms with E-state index in [1.807, 2.05) is 30.3 Å². The van der Waals surface area contributed by atoms with Gasteiger partial charge in [-0.15, -0.1) is 0 Å². The van der Waals surface area contributed by atoms with Crippen LogP contribution in [0.1, 0.15) is 5.56 Å². The number of para-hydroxylation sites is 2. The first kappa shape index (κ1) is 19.1. The van der Waals surface area contributed by atoms with E-state index in [9.17, 15) is 0 Å². The second-order valence-electron chi connectivity index (χ2n) is 6.35. The molecule has 3 aromatic carbocycles. The van der Waals surface area contributed by atoms with Crippen LogP contribution in [0.5, 0.6) is 0 Å². The van der Waals surface area contributed by atoms with Crippen molar-refractivity contribution in [2.45, 2.75) is 0 Å². The summed E-state index contributed by atoms with van der Waals surface area (Å²) in [6, 6.07) is 33.5. The molecule has 1 aromatic heterocycles. The Morgan fingerprint density at radius 1 is 0.724 bits per heavy atom. The van der Waals surface area contributed by atoms with Gasteiger partial charge in [-0.1, -0.05) is 0 Å². The molecule has 0 N–H and O–H groups in total. The van der Waals surface area contributed by atoms with E-state index in [0.29, 0.717) is 0 Å². The van der Waals surface area contributed by atoms with E-state index in [0.717, 1.165) is 21.7 Å². The molecule has 0 radical (unpaired) electrons. The number of hydrogen-bond donors (Lipinski definition) is 0. The van der Waals surface area contributed by atoms with Crippen LogP contribution in [-0.4, -0.2) is 15.0 Å². The predicted molar refractivity (Wildman–Crippen MR) is 123 cm³/mol. The molecule has 142 valence electrons. The fourth-order valence-electron chi connectivity index (χ4n) is 3.10. The van der Waals surface area contributed by atoms with Gasteiger partial charge in [-0.25, -0.2) is 0 Å². The molecule has 0 unspecified atom stereocenters. The molecular formula is C26H21NOSe. The van der Waals surface area contributed by atoms with Crippen molar-refractivity contribution in [3.05, 3.63) is 128 Å². The molecular weight excluding hydrogens is 421 g/mol. The standard InChI is InChI=1S/C26H21NOSe/c1-2-10-25(29-26-15-9-20-28-26)21-16-18-24(19-17-21)27(22-11-5-3-6-12-22)23-13-7-4-8-14-23/h2-20H,1H2/b25-10-. The maximum absolute atomic E-state index is 5.55. The molecule has 0 atom stereocenters. The fourth-order valence-corrected chi connectivity index (χ4v) is 4.96. The summed E-state index contributed by atoms with van der Waals surface area (Å²) < 4.78 is 7.79. The number of anilines is 3. The van der Waals surface area contributed by atoms with E-state index in [4.69, 9.17) is 4.42 Å². The Morgan fingerprint density at radius 2 is 1.31 bits per heavy atom. The molecule has 0 amide bonds. The molecule has 2 nitrogen and oxygen atoms in total. The van der Waals surface area contributed by atoms with Crippen LogP contribution < -0.4 is 9.56 Å². The van der Waals surface area contributed by atoms with Crippen LogP contribution in [-0.2, 0) is 0 Å².